The standard InChI is InChI=1S/C31H39FN4O7/c1-6-18(2)25(28(40)36-31(4,5)30(42)43)35-29(41)26(38)19(3)33-27(39)23(16-21-12-14-22(32)15-13-21)34-24(37)17-20-10-8-7-9-11-20/h7-15,18-19,23,25H,6,16-17H2,1-5H3,(H,33,39)(H,34,37)(H,35,41)(H,36,40)(H,42,43)/t18-,19?,23-,25-/m0/s1. The SMILES string of the molecule is CC[C@H](C)[C@H](NC(=O)C(=O)C(C)NC(=O)[C@H](Cc1ccc(F)cc1)NC(=O)Cc1ccccc1)C(=O)NC(C)(C)C(=O)O. The Hall–Kier alpha value is -4.61. The lowest BCUT2D eigenvalue weighted by molar-refractivity contribution is -0.147. The van der Waals surface area contributed by atoms with Gasteiger partial charge in [0.2, 0.25) is 23.5 Å². The molecule has 0 fully saturated rings. The second-order valence-electron chi connectivity index (χ2n) is 11.0. The molecule has 0 spiro atoms. The molecule has 2 aromatic carbocycles. The number of nitrogens with one attached hydrogen (secondary N) is 4. The number of Topliss-reactive ketones (excluding diaryl/α,β-unsaturated/α-hetero) is 1. The van der Waals surface area contributed by atoms with Crippen LogP contribution >= 0.6 is 0 Å². The Labute approximate surface area is 250 Å². The van der Waals surface area contributed by atoms with Crippen molar-refractivity contribution in [2.75, 3.05) is 0 Å². The number of ketones is 1. The average Bonchev–Trinajstić information content (AvgIpc) is 2.95. The van der Waals surface area contributed by atoms with Crippen LogP contribution in [0.25, 0.3) is 0 Å². The van der Waals surface area contributed by atoms with E-state index in [2.05, 4.69) is 21.3 Å². The minimum atomic E-state index is -1.62. The minimum absolute atomic E-state index is 0.0112. The summed E-state index contributed by atoms with van der Waals surface area (Å²) in [6, 6.07) is 10.5. The van der Waals surface area contributed by atoms with Gasteiger partial charge in [-0.25, -0.2) is 9.18 Å². The number of carbonyl (C=O) groups is 6. The molecule has 5 N–H and O–H groups in total. The molecule has 12 heteroatoms. The van der Waals surface area contributed by atoms with Crippen molar-refractivity contribution in [1.82, 2.24) is 21.3 Å². The van der Waals surface area contributed by atoms with Gasteiger partial charge < -0.3 is 26.4 Å². The zero-order chi connectivity index (χ0) is 32.3. The van der Waals surface area contributed by atoms with Crippen molar-refractivity contribution in [1.29, 1.82) is 0 Å². The van der Waals surface area contributed by atoms with Crippen LogP contribution in [0.2, 0.25) is 0 Å². The number of carbonyl (C=O) groups excluding carboxylic acids is 5. The fourth-order valence-electron chi connectivity index (χ4n) is 4.02. The first-order valence-electron chi connectivity index (χ1n) is 13.9. The van der Waals surface area contributed by atoms with Crippen molar-refractivity contribution < 1.29 is 38.3 Å². The normalized spacial score (nSPS) is 13.9. The fraction of sp³-hybridized carbons (Fsp3) is 0.419. The molecule has 2 rings (SSSR count). The van der Waals surface area contributed by atoms with E-state index in [-0.39, 0.29) is 12.8 Å². The van der Waals surface area contributed by atoms with E-state index in [1.165, 1.54) is 45.0 Å². The first-order chi connectivity index (χ1) is 20.1. The number of amides is 4. The van der Waals surface area contributed by atoms with Crippen LogP contribution in [0.4, 0.5) is 4.39 Å². The molecule has 0 saturated heterocycles. The van der Waals surface area contributed by atoms with Crippen LogP contribution in [-0.2, 0) is 41.6 Å². The summed E-state index contributed by atoms with van der Waals surface area (Å²) in [5.74, 6) is -6.40. The largest absolute Gasteiger partial charge is 0.480 e. The highest BCUT2D eigenvalue weighted by atomic mass is 19.1. The van der Waals surface area contributed by atoms with Gasteiger partial charge in [0.15, 0.2) is 0 Å². The number of halogens is 1. The molecule has 43 heavy (non-hydrogen) atoms. The van der Waals surface area contributed by atoms with Gasteiger partial charge >= 0.3 is 5.97 Å². The van der Waals surface area contributed by atoms with E-state index in [4.69, 9.17) is 0 Å². The predicted octanol–water partition coefficient (Wildman–Crippen LogP) is 1.68. The lowest BCUT2D eigenvalue weighted by Crippen LogP contribution is -2.60. The van der Waals surface area contributed by atoms with Gasteiger partial charge in [-0.05, 0) is 49.9 Å². The van der Waals surface area contributed by atoms with E-state index < -0.39 is 70.8 Å². The van der Waals surface area contributed by atoms with Crippen molar-refractivity contribution in [3.8, 4) is 0 Å². The van der Waals surface area contributed by atoms with E-state index in [1.54, 1.807) is 44.2 Å². The Kier molecular flexibility index (Phi) is 12.5. The summed E-state index contributed by atoms with van der Waals surface area (Å²) in [5, 5.41) is 19.1. The molecule has 1 unspecified atom stereocenters. The number of benzene rings is 2. The van der Waals surface area contributed by atoms with Crippen molar-refractivity contribution in [2.24, 2.45) is 5.92 Å². The molecule has 4 amide bonds. The Balaban J connectivity index is 2.15. The molecule has 4 atom stereocenters. The summed E-state index contributed by atoms with van der Waals surface area (Å²) in [4.78, 5) is 76.1. The Bertz CT molecular complexity index is 1320. The van der Waals surface area contributed by atoms with Gasteiger partial charge in [-0.3, -0.25) is 24.0 Å². The van der Waals surface area contributed by atoms with E-state index >= 15 is 0 Å². The Morgan fingerprint density at radius 3 is 2.00 bits per heavy atom. The number of hydrogen-bond donors (Lipinski definition) is 5. The zero-order valence-corrected chi connectivity index (χ0v) is 24.9. The second kappa shape index (κ2) is 15.6. The number of rotatable bonds is 15. The first kappa shape index (κ1) is 34.6. The van der Waals surface area contributed by atoms with Gasteiger partial charge in [0, 0.05) is 6.42 Å². The average molecular weight is 599 g/mol. The van der Waals surface area contributed by atoms with Crippen LogP contribution in [0.15, 0.2) is 54.6 Å². The minimum Gasteiger partial charge on any atom is -0.480 e. The third kappa shape index (κ3) is 10.6. The molecular formula is C31H39FN4O7. The monoisotopic (exact) mass is 598 g/mol. The van der Waals surface area contributed by atoms with Crippen LogP contribution in [0.1, 0.15) is 52.2 Å². The Morgan fingerprint density at radius 2 is 1.44 bits per heavy atom. The topological polar surface area (TPSA) is 171 Å². The molecule has 0 aliphatic rings. The maximum absolute atomic E-state index is 13.4. The molecule has 232 valence electrons. The molecule has 0 aromatic heterocycles. The van der Waals surface area contributed by atoms with Crippen molar-refractivity contribution in [3.05, 3.63) is 71.5 Å². The third-order valence-electron chi connectivity index (χ3n) is 6.94. The number of hydrogen-bond acceptors (Lipinski definition) is 6. The van der Waals surface area contributed by atoms with E-state index in [0.717, 1.165) is 0 Å². The quantitative estimate of drug-likeness (QED) is 0.194. The van der Waals surface area contributed by atoms with Gasteiger partial charge in [0.05, 0.1) is 12.5 Å². The third-order valence-corrected chi connectivity index (χ3v) is 6.94. The smallest absolute Gasteiger partial charge is 0.328 e. The lowest BCUT2D eigenvalue weighted by Gasteiger charge is -2.28. The summed E-state index contributed by atoms with van der Waals surface area (Å²) in [6.07, 6.45) is 0.401. The van der Waals surface area contributed by atoms with Crippen LogP contribution < -0.4 is 21.3 Å². The van der Waals surface area contributed by atoms with Crippen molar-refractivity contribution >= 4 is 35.4 Å². The molecule has 0 heterocycles. The summed E-state index contributed by atoms with van der Waals surface area (Å²) < 4.78 is 13.4. The van der Waals surface area contributed by atoms with Crippen LogP contribution in [0.3, 0.4) is 0 Å². The van der Waals surface area contributed by atoms with Gasteiger partial charge in [0.1, 0.15) is 23.4 Å². The number of carboxylic acids is 1. The van der Waals surface area contributed by atoms with Crippen LogP contribution in [0, 0.1) is 11.7 Å². The van der Waals surface area contributed by atoms with Gasteiger partial charge in [-0.1, -0.05) is 62.7 Å². The highest BCUT2D eigenvalue weighted by molar-refractivity contribution is 6.38. The highest BCUT2D eigenvalue weighted by Gasteiger charge is 2.36. The summed E-state index contributed by atoms with van der Waals surface area (Å²) >= 11 is 0. The predicted molar refractivity (Wildman–Crippen MR) is 156 cm³/mol. The molecule has 0 bridgehead atoms. The second-order valence-corrected chi connectivity index (χ2v) is 11.0. The summed E-state index contributed by atoms with van der Waals surface area (Å²) in [6.45, 7) is 7.27. The number of carboxylic acid groups (broad SMARTS) is 1. The first-order valence-corrected chi connectivity index (χ1v) is 13.9. The van der Waals surface area contributed by atoms with Gasteiger partial charge in [-0.2, -0.15) is 0 Å². The van der Waals surface area contributed by atoms with Gasteiger partial charge in [0.25, 0.3) is 5.91 Å². The molecule has 0 aliphatic heterocycles. The molecular weight excluding hydrogens is 559 g/mol. The van der Waals surface area contributed by atoms with E-state index in [0.29, 0.717) is 17.5 Å². The maximum atomic E-state index is 13.4. The summed E-state index contributed by atoms with van der Waals surface area (Å²) in [5.41, 5.74) is -0.360. The van der Waals surface area contributed by atoms with Crippen LogP contribution in [-0.4, -0.2) is 64.2 Å². The highest BCUT2D eigenvalue weighted by Crippen LogP contribution is 2.12. The Morgan fingerprint density at radius 1 is 0.837 bits per heavy atom. The summed E-state index contributed by atoms with van der Waals surface area (Å²) in [7, 11) is 0. The fourth-order valence-corrected chi connectivity index (χ4v) is 4.02. The van der Waals surface area contributed by atoms with Gasteiger partial charge in [-0.15, -0.1) is 0 Å². The lowest BCUT2D eigenvalue weighted by atomic mass is 9.96. The van der Waals surface area contributed by atoms with Crippen molar-refractivity contribution in [2.45, 2.75) is 77.5 Å². The molecule has 2 aromatic rings. The number of aliphatic carboxylic acids is 1. The molecule has 11 nitrogen and oxygen atoms in total. The van der Waals surface area contributed by atoms with Crippen LogP contribution in [0.5, 0.6) is 0 Å². The zero-order valence-electron chi connectivity index (χ0n) is 24.9. The van der Waals surface area contributed by atoms with E-state index in [9.17, 15) is 38.3 Å². The molecule has 0 radical (unpaired) electrons. The molecule has 0 aliphatic carbocycles. The molecule has 0 saturated carbocycles. The maximum Gasteiger partial charge on any atom is 0.328 e. The van der Waals surface area contributed by atoms with E-state index in [1.807, 2.05) is 0 Å². The van der Waals surface area contributed by atoms with Crippen molar-refractivity contribution in [3.63, 3.8) is 0 Å².